The lowest BCUT2D eigenvalue weighted by atomic mass is 9.80. The van der Waals surface area contributed by atoms with Crippen LogP contribution in [0.5, 0.6) is 0 Å². The quantitative estimate of drug-likeness (QED) is 0.395. The Morgan fingerprint density at radius 3 is 1.83 bits per heavy atom. The highest BCUT2D eigenvalue weighted by Crippen LogP contribution is 2.32. The molecule has 1 atom stereocenters. The topological polar surface area (TPSA) is 0 Å². The highest BCUT2D eigenvalue weighted by Gasteiger charge is 2.18. The minimum Gasteiger partial charge on any atom is -0.0651 e. The van der Waals surface area contributed by atoms with Gasteiger partial charge >= 0.3 is 0 Å². The van der Waals surface area contributed by atoms with Gasteiger partial charge in [-0.2, -0.15) is 0 Å². The molecule has 0 rings (SSSR count). The van der Waals surface area contributed by atoms with Crippen molar-refractivity contribution < 1.29 is 0 Å². The van der Waals surface area contributed by atoms with Crippen LogP contribution in [0.25, 0.3) is 0 Å². The van der Waals surface area contributed by atoms with Crippen LogP contribution in [-0.4, -0.2) is 0 Å². The SMILES string of the molecule is CCC(C)CCC(C)(C)CCCCCC(C)(C)C. The molecule has 0 aliphatic carbocycles. The number of hydrogen-bond acceptors (Lipinski definition) is 0. The summed E-state index contributed by atoms with van der Waals surface area (Å²) in [6.45, 7) is 16.7. The molecule has 1 unspecified atom stereocenters. The van der Waals surface area contributed by atoms with Crippen LogP contribution in [0.3, 0.4) is 0 Å². The van der Waals surface area contributed by atoms with E-state index in [9.17, 15) is 0 Å². The van der Waals surface area contributed by atoms with E-state index in [0.717, 1.165) is 5.92 Å². The molecule has 110 valence electrons. The second-order valence-electron chi connectivity index (χ2n) is 8.34. The molecule has 0 aliphatic rings. The van der Waals surface area contributed by atoms with Crippen LogP contribution in [-0.2, 0) is 0 Å². The normalized spacial score (nSPS) is 14.8. The van der Waals surface area contributed by atoms with E-state index < -0.39 is 0 Å². The first-order valence-electron chi connectivity index (χ1n) is 8.16. The van der Waals surface area contributed by atoms with Gasteiger partial charge in [0, 0.05) is 0 Å². The van der Waals surface area contributed by atoms with Crippen molar-refractivity contribution in [2.45, 2.75) is 99.8 Å². The van der Waals surface area contributed by atoms with Crippen LogP contribution in [0.15, 0.2) is 0 Å². The third-order valence-electron chi connectivity index (χ3n) is 4.29. The summed E-state index contributed by atoms with van der Waals surface area (Å²) >= 11 is 0. The van der Waals surface area contributed by atoms with Gasteiger partial charge in [-0.15, -0.1) is 0 Å². The lowest BCUT2D eigenvalue weighted by molar-refractivity contribution is 0.262. The predicted octanol–water partition coefficient (Wildman–Crippen LogP) is 6.84. The molecule has 0 heterocycles. The summed E-state index contributed by atoms with van der Waals surface area (Å²) in [5.74, 6) is 0.908. The Morgan fingerprint density at radius 2 is 1.33 bits per heavy atom. The van der Waals surface area contributed by atoms with Crippen LogP contribution in [0.1, 0.15) is 99.8 Å². The maximum Gasteiger partial charge on any atom is -0.0354 e. The van der Waals surface area contributed by atoms with Gasteiger partial charge in [0.05, 0.1) is 0 Å². The summed E-state index contributed by atoms with van der Waals surface area (Å²) in [6, 6.07) is 0. The van der Waals surface area contributed by atoms with Gasteiger partial charge in [-0.1, -0.05) is 80.6 Å². The molecule has 0 heteroatoms. The van der Waals surface area contributed by atoms with E-state index in [1.165, 1.54) is 51.4 Å². The zero-order valence-corrected chi connectivity index (χ0v) is 14.2. The monoisotopic (exact) mass is 254 g/mol. The van der Waals surface area contributed by atoms with Crippen LogP contribution >= 0.6 is 0 Å². The second-order valence-corrected chi connectivity index (χ2v) is 8.34. The molecule has 0 spiro atoms. The number of hydrogen-bond donors (Lipinski definition) is 0. The number of unbranched alkanes of at least 4 members (excludes halogenated alkanes) is 2. The van der Waals surface area contributed by atoms with Crippen molar-refractivity contribution in [1.82, 2.24) is 0 Å². The van der Waals surface area contributed by atoms with Gasteiger partial charge in [-0.25, -0.2) is 0 Å². The lowest BCUT2D eigenvalue weighted by Gasteiger charge is -2.26. The average Bonchev–Trinajstić information content (AvgIpc) is 2.24. The van der Waals surface area contributed by atoms with Crippen molar-refractivity contribution in [3.05, 3.63) is 0 Å². The first-order chi connectivity index (χ1) is 8.16. The van der Waals surface area contributed by atoms with E-state index >= 15 is 0 Å². The Kier molecular flexibility index (Phi) is 8.23. The Labute approximate surface area is 117 Å². The zero-order valence-electron chi connectivity index (χ0n) is 14.2. The molecule has 0 saturated heterocycles. The molecule has 0 amide bonds. The fourth-order valence-corrected chi connectivity index (χ4v) is 2.40. The highest BCUT2D eigenvalue weighted by atomic mass is 14.2. The molecule has 0 bridgehead atoms. The second kappa shape index (κ2) is 8.23. The highest BCUT2D eigenvalue weighted by molar-refractivity contribution is 4.70. The van der Waals surface area contributed by atoms with Crippen LogP contribution in [0.2, 0.25) is 0 Å². The van der Waals surface area contributed by atoms with E-state index in [1.54, 1.807) is 0 Å². The Hall–Kier alpha value is 0. The smallest absolute Gasteiger partial charge is 0.0354 e. The maximum atomic E-state index is 2.46. The predicted molar refractivity (Wildman–Crippen MR) is 85.0 cm³/mol. The molecule has 0 saturated carbocycles. The van der Waals surface area contributed by atoms with Gasteiger partial charge in [0.15, 0.2) is 0 Å². The van der Waals surface area contributed by atoms with E-state index in [4.69, 9.17) is 0 Å². The molecule has 0 nitrogen and oxygen atoms in total. The van der Waals surface area contributed by atoms with Gasteiger partial charge in [-0.05, 0) is 36.0 Å². The largest absolute Gasteiger partial charge is 0.0651 e. The Bertz CT molecular complexity index is 195. The standard InChI is InChI=1S/C18H38/c1-8-16(2)12-15-18(6,7)14-11-9-10-13-17(3,4)5/h16H,8-15H2,1-7H3. The van der Waals surface area contributed by atoms with Crippen molar-refractivity contribution in [1.29, 1.82) is 0 Å². The summed E-state index contributed by atoms with van der Waals surface area (Å²) in [4.78, 5) is 0. The summed E-state index contributed by atoms with van der Waals surface area (Å²) in [5.41, 5.74) is 1.08. The molecular formula is C18H38. The van der Waals surface area contributed by atoms with Gasteiger partial charge in [0.25, 0.3) is 0 Å². The fourth-order valence-electron chi connectivity index (χ4n) is 2.40. The van der Waals surface area contributed by atoms with Crippen molar-refractivity contribution in [3.63, 3.8) is 0 Å². The van der Waals surface area contributed by atoms with Crippen LogP contribution in [0.4, 0.5) is 0 Å². The molecule has 0 radical (unpaired) electrons. The van der Waals surface area contributed by atoms with Crippen molar-refractivity contribution in [2.75, 3.05) is 0 Å². The summed E-state index contributed by atoms with van der Waals surface area (Å²) in [5, 5.41) is 0. The fraction of sp³-hybridized carbons (Fsp3) is 1.00. The number of rotatable bonds is 9. The van der Waals surface area contributed by atoms with Crippen LogP contribution in [0, 0.1) is 16.7 Å². The van der Waals surface area contributed by atoms with Gasteiger partial charge < -0.3 is 0 Å². The molecule has 0 aromatic rings. The van der Waals surface area contributed by atoms with Gasteiger partial charge in [0.1, 0.15) is 0 Å². The maximum absolute atomic E-state index is 2.46. The average molecular weight is 255 g/mol. The van der Waals surface area contributed by atoms with Crippen molar-refractivity contribution >= 4 is 0 Å². The van der Waals surface area contributed by atoms with Crippen molar-refractivity contribution in [3.8, 4) is 0 Å². The van der Waals surface area contributed by atoms with E-state index in [1.807, 2.05) is 0 Å². The minimum atomic E-state index is 0.520. The first-order valence-corrected chi connectivity index (χ1v) is 8.16. The molecule has 0 aliphatic heterocycles. The third-order valence-corrected chi connectivity index (χ3v) is 4.29. The summed E-state index contributed by atoms with van der Waals surface area (Å²) in [7, 11) is 0. The first kappa shape index (κ1) is 18.0. The molecular weight excluding hydrogens is 216 g/mol. The Morgan fingerprint density at radius 1 is 0.778 bits per heavy atom. The van der Waals surface area contributed by atoms with Crippen LogP contribution < -0.4 is 0 Å². The molecule has 0 N–H and O–H groups in total. The zero-order chi connectivity index (χ0) is 14.2. The van der Waals surface area contributed by atoms with Gasteiger partial charge in [0.2, 0.25) is 0 Å². The Balaban J connectivity index is 3.64. The van der Waals surface area contributed by atoms with Gasteiger partial charge in [-0.3, -0.25) is 0 Å². The van der Waals surface area contributed by atoms with Crippen molar-refractivity contribution in [2.24, 2.45) is 16.7 Å². The van der Waals surface area contributed by atoms with E-state index in [2.05, 4.69) is 48.5 Å². The minimum absolute atomic E-state index is 0.520. The molecule has 0 aromatic carbocycles. The molecule has 18 heavy (non-hydrogen) atoms. The third kappa shape index (κ3) is 11.1. The van der Waals surface area contributed by atoms with E-state index in [-0.39, 0.29) is 0 Å². The molecule has 0 aromatic heterocycles. The van der Waals surface area contributed by atoms with E-state index in [0.29, 0.717) is 10.8 Å². The summed E-state index contributed by atoms with van der Waals surface area (Å²) < 4.78 is 0. The summed E-state index contributed by atoms with van der Waals surface area (Å²) in [6.07, 6.45) is 11.2. The lowest BCUT2D eigenvalue weighted by Crippen LogP contribution is -2.13. The molecule has 0 fully saturated rings.